The molecular weight excluding hydrogens is 278 g/mol. The first kappa shape index (κ1) is 14.9. The molecule has 0 radical (unpaired) electrons. The first-order chi connectivity index (χ1) is 10.6. The lowest BCUT2D eigenvalue weighted by Crippen LogP contribution is -2.48. The Bertz CT molecular complexity index is 538. The Morgan fingerprint density at radius 1 is 1.18 bits per heavy atom. The van der Waals surface area contributed by atoms with Crippen molar-refractivity contribution in [3.8, 4) is 0 Å². The molecule has 1 aromatic rings. The van der Waals surface area contributed by atoms with Crippen LogP contribution in [0.5, 0.6) is 0 Å². The lowest BCUT2D eigenvalue weighted by Gasteiger charge is -2.31. The molecule has 118 valence electrons. The van der Waals surface area contributed by atoms with Crippen molar-refractivity contribution >= 4 is 17.6 Å². The van der Waals surface area contributed by atoms with Gasteiger partial charge in [0, 0.05) is 31.7 Å². The van der Waals surface area contributed by atoms with Crippen molar-refractivity contribution in [1.29, 1.82) is 0 Å². The molecule has 3 rings (SSSR count). The molecule has 0 spiro atoms. The van der Waals surface area contributed by atoms with Crippen LogP contribution in [0, 0.1) is 5.92 Å². The van der Waals surface area contributed by atoms with Gasteiger partial charge in [-0.3, -0.25) is 4.79 Å². The fourth-order valence-electron chi connectivity index (χ4n) is 3.14. The highest BCUT2D eigenvalue weighted by Crippen LogP contribution is 2.21. The van der Waals surface area contributed by atoms with E-state index in [0.717, 1.165) is 31.6 Å². The van der Waals surface area contributed by atoms with Crippen molar-refractivity contribution in [3.63, 3.8) is 0 Å². The second kappa shape index (κ2) is 6.38. The number of urea groups is 1. The number of anilines is 1. The monoisotopic (exact) mass is 301 g/mol. The first-order valence-corrected chi connectivity index (χ1v) is 8.04. The standard InChI is InChI=1S/C17H23N3O2/c1-13-7-9-19(10-8-13)17(22)18-14-11-16(21)20(12-14)15-5-3-2-4-6-15/h2-6,13-14H,7-12H2,1H3,(H,18,22). The number of likely N-dealkylation sites (tertiary alicyclic amines) is 1. The molecule has 0 bridgehead atoms. The molecule has 1 atom stereocenters. The van der Waals surface area contributed by atoms with Gasteiger partial charge in [0.1, 0.15) is 0 Å². The fourth-order valence-corrected chi connectivity index (χ4v) is 3.14. The molecule has 5 heteroatoms. The minimum atomic E-state index is -0.0976. The molecule has 22 heavy (non-hydrogen) atoms. The van der Waals surface area contributed by atoms with Crippen LogP contribution in [-0.4, -0.2) is 42.5 Å². The maximum absolute atomic E-state index is 12.3. The van der Waals surface area contributed by atoms with Gasteiger partial charge in [-0.05, 0) is 30.9 Å². The Labute approximate surface area is 131 Å². The molecule has 2 fully saturated rings. The van der Waals surface area contributed by atoms with E-state index in [1.165, 1.54) is 0 Å². The minimum Gasteiger partial charge on any atom is -0.333 e. The molecule has 2 saturated heterocycles. The highest BCUT2D eigenvalue weighted by molar-refractivity contribution is 5.96. The highest BCUT2D eigenvalue weighted by Gasteiger charge is 2.32. The molecule has 2 aliphatic heterocycles. The zero-order valence-corrected chi connectivity index (χ0v) is 13.0. The number of piperidine rings is 1. The molecule has 0 saturated carbocycles. The normalized spacial score (nSPS) is 23.0. The van der Waals surface area contributed by atoms with Gasteiger partial charge in [0.15, 0.2) is 0 Å². The number of amides is 3. The Hall–Kier alpha value is -2.04. The van der Waals surface area contributed by atoms with Crippen LogP contribution in [0.15, 0.2) is 30.3 Å². The van der Waals surface area contributed by atoms with Crippen LogP contribution in [0.25, 0.3) is 0 Å². The van der Waals surface area contributed by atoms with E-state index in [-0.39, 0.29) is 18.0 Å². The smallest absolute Gasteiger partial charge is 0.317 e. The third-order valence-electron chi connectivity index (χ3n) is 4.59. The largest absolute Gasteiger partial charge is 0.333 e. The number of benzene rings is 1. The lowest BCUT2D eigenvalue weighted by atomic mass is 10.00. The summed E-state index contributed by atoms with van der Waals surface area (Å²) in [5, 5.41) is 3.02. The molecule has 0 aliphatic carbocycles. The summed E-state index contributed by atoms with van der Waals surface area (Å²) in [5.74, 6) is 0.773. The van der Waals surface area contributed by atoms with E-state index < -0.39 is 0 Å². The van der Waals surface area contributed by atoms with Crippen LogP contribution >= 0.6 is 0 Å². The fraction of sp³-hybridized carbons (Fsp3) is 0.529. The summed E-state index contributed by atoms with van der Waals surface area (Å²) in [6, 6.07) is 9.50. The second-order valence-electron chi connectivity index (χ2n) is 6.36. The molecular formula is C17H23N3O2. The van der Waals surface area contributed by atoms with E-state index in [2.05, 4.69) is 12.2 Å². The third-order valence-corrected chi connectivity index (χ3v) is 4.59. The molecule has 1 unspecified atom stereocenters. The van der Waals surface area contributed by atoms with Crippen LogP contribution in [0.1, 0.15) is 26.2 Å². The van der Waals surface area contributed by atoms with Crippen molar-refractivity contribution in [2.75, 3.05) is 24.5 Å². The van der Waals surface area contributed by atoms with Gasteiger partial charge in [-0.1, -0.05) is 25.1 Å². The topological polar surface area (TPSA) is 52.7 Å². The van der Waals surface area contributed by atoms with Gasteiger partial charge in [-0.25, -0.2) is 4.79 Å². The van der Waals surface area contributed by atoms with Crippen LogP contribution in [0.2, 0.25) is 0 Å². The molecule has 2 aliphatic rings. The summed E-state index contributed by atoms with van der Waals surface area (Å²) < 4.78 is 0. The predicted octanol–water partition coefficient (Wildman–Crippen LogP) is 2.23. The first-order valence-electron chi connectivity index (χ1n) is 8.04. The quantitative estimate of drug-likeness (QED) is 0.911. The number of para-hydroxylation sites is 1. The average Bonchev–Trinajstić information content (AvgIpc) is 2.89. The predicted molar refractivity (Wildman–Crippen MR) is 85.7 cm³/mol. The van der Waals surface area contributed by atoms with Gasteiger partial charge in [-0.2, -0.15) is 0 Å². The zero-order valence-electron chi connectivity index (χ0n) is 13.0. The number of rotatable bonds is 2. The maximum atomic E-state index is 12.3. The van der Waals surface area contributed by atoms with E-state index in [1.54, 1.807) is 4.90 Å². The summed E-state index contributed by atoms with van der Waals surface area (Å²) in [5.41, 5.74) is 0.899. The van der Waals surface area contributed by atoms with Gasteiger partial charge < -0.3 is 15.1 Å². The summed E-state index contributed by atoms with van der Waals surface area (Å²) >= 11 is 0. The Balaban J connectivity index is 1.56. The summed E-state index contributed by atoms with van der Waals surface area (Å²) in [6.07, 6.45) is 2.51. The van der Waals surface area contributed by atoms with E-state index in [0.29, 0.717) is 18.9 Å². The molecule has 5 nitrogen and oxygen atoms in total. The number of hydrogen-bond acceptors (Lipinski definition) is 2. The molecule has 0 aromatic heterocycles. The summed E-state index contributed by atoms with van der Waals surface area (Å²) in [7, 11) is 0. The highest BCUT2D eigenvalue weighted by atomic mass is 16.2. The minimum absolute atomic E-state index is 0.0281. The number of carbonyl (C=O) groups is 2. The third kappa shape index (κ3) is 3.24. The van der Waals surface area contributed by atoms with Gasteiger partial charge in [-0.15, -0.1) is 0 Å². The molecule has 2 heterocycles. The van der Waals surface area contributed by atoms with Crippen LogP contribution in [0.3, 0.4) is 0 Å². The van der Waals surface area contributed by atoms with Crippen LogP contribution in [-0.2, 0) is 4.79 Å². The SMILES string of the molecule is CC1CCN(C(=O)NC2CC(=O)N(c3ccccc3)C2)CC1. The van der Waals surface area contributed by atoms with Crippen molar-refractivity contribution in [2.24, 2.45) is 5.92 Å². The van der Waals surface area contributed by atoms with Crippen molar-refractivity contribution in [1.82, 2.24) is 10.2 Å². The molecule has 3 amide bonds. The van der Waals surface area contributed by atoms with E-state index in [9.17, 15) is 9.59 Å². The van der Waals surface area contributed by atoms with Crippen LogP contribution < -0.4 is 10.2 Å². The Kier molecular flexibility index (Phi) is 4.32. The Morgan fingerprint density at radius 3 is 2.55 bits per heavy atom. The number of carbonyl (C=O) groups excluding carboxylic acids is 2. The summed E-state index contributed by atoms with van der Waals surface area (Å²) in [6.45, 7) is 4.41. The van der Waals surface area contributed by atoms with Gasteiger partial charge >= 0.3 is 6.03 Å². The second-order valence-corrected chi connectivity index (χ2v) is 6.36. The van der Waals surface area contributed by atoms with E-state index >= 15 is 0 Å². The maximum Gasteiger partial charge on any atom is 0.317 e. The molecule has 1 N–H and O–H groups in total. The van der Waals surface area contributed by atoms with Crippen molar-refractivity contribution in [3.05, 3.63) is 30.3 Å². The number of hydrogen-bond donors (Lipinski definition) is 1. The lowest BCUT2D eigenvalue weighted by molar-refractivity contribution is -0.117. The van der Waals surface area contributed by atoms with Crippen molar-refractivity contribution < 1.29 is 9.59 Å². The van der Waals surface area contributed by atoms with E-state index in [4.69, 9.17) is 0 Å². The van der Waals surface area contributed by atoms with Gasteiger partial charge in [0.05, 0.1) is 6.04 Å². The van der Waals surface area contributed by atoms with Crippen LogP contribution in [0.4, 0.5) is 10.5 Å². The van der Waals surface area contributed by atoms with Crippen molar-refractivity contribution in [2.45, 2.75) is 32.2 Å². The molecule has 1 aromatic carbocycles. The number of nitrogens with one attached hydrogen (secondary N) is 1. The average molecular weight is 301 g/mol. The summed E-state index contributed by atoms with van der Waals surface area (Å²) in [4.78, 5) is 28.1. The Morgan fingerprint density at radius 2 is 1.86 bits per heavy atom. The van der Waals surface area contributed by atoms with Gasteiger partial charge in [0.25, 0.3) is 0 Å². The van der Waals surface area contributed by atoms with Gasteiger partial charge in [0.2, 0.25) is 5.91 Å². The zero-order chi connectivity index (χ0) is 15.5. The number of nitrogens with zero attached hydrogens (tertiary/aromatic N) is 2. The van der Waals surface area contributed by atoms with E-state index in [1.807, 2.05) is 35.2 Å².